The average molecular weight is 345 g/mol. The van der Waals surface area contributed by atoms with Gasteiger partial charge in [-0.25, -0.2) is 4.99 Å². The van der Waals surface area contributed by atoms with Crippen LogP contribution in [0.3, 0.4) is 0 Å². The summed E-state index contributed by atoms with van der Waals surface area (Å²) in [5, 5.41) is 7.52. The Balaban J connectivity index is 2.81. The topological polar surface area (TPSA) is 56.7 Å². The van der Waals surface area contributed by atoms with Crippen LogP contribution in [0.15, 0.2) is 23.2 Å². The molecule has 22 heavy (non-hydrogen) atoms. The van der Waals surface area contributed by atoms with Gasteiger partial charge in [-0.15, -0.1) is 0 Å². The first-order chi connectivity index (χ1) is 10.3. The van der Waals surface area contributed by atoms with Gasteiger partial charge in [0.1, 0.15) is 6.54 Å². The Morgan fingerprint density at radius 1 is 1.36 bits per heavy atom. The molecule has 1 aromatic rings. The van der Waals surface area contributed by atoms with Crippen molar-refractivity contribution < 1.29 is 4.79 Å². The summed E-state index contributed by atoms with van der Waals surface area (Å²) < 4.78 is 0. The number of benzene rings is 1. The van der Waals surface area contributed by atoms with Crippen LogP contribution in [-0.2, 0) is 4.79 Å². The second kappa shape index (κ2) is 8.86. The van der Waals surface area contributed by atoms with E-state index in [2.05, 4.69) is 15.6 Å². The highest BCUT2D eigenvalue weighted by Crippen LogP contribution is 2.25. The zero-order valence-electron chi connectivity index (χ0n) is 13.3. The Hall–Kier alpha value is -1.46. The standard InChI is InChI=1S/C15H22Cl2N4O/c1-5-18-15(19-9-14(22)21(3)4)20-10(2)12-7-6-11(16)8-13(12)17/h6-8,10H,5,9H2,1-4H3,(H2,18,19,20). The SMILES string of the molecule is CCNC(=NCC(=O)N(C)C)NC(C)c1ccc(Cl)cc1Cl. The summed E-state index contributed by atoms with van der Waals surface area (Å²) in [5.41, 5.74) is 0.913. The fourth-order valence-electron chi connectivity index (χ4n) is 1.74. The number of rotatable bonds is 5. The normalized spacial score (nSPS) is 12.7. The number of likely N-dealkylation sites (N-methyl/N-ethyl adjacent to an activating group) is 1. The number of hydrogen-bond donors (Lipinski definition) is 2. The van der Waals surface area contributed by atoms with Gasteiger partial charge in [-0.05, 0) is 31.5 Å². The molecular formula is C15H22Cl2N4O. The molecule has 1 rings (SSSR count). The number of guanidine groups is 1. The number of amides is 1. The number of carbonyl (C=O) groups is 1. The fraction of sp³-hybridized carbons (Fsp3) is 0.467. The largest absolute Gasteiger partial charge is 0.357 e. The third-order valence-electron chi connectivity index (χ3n) is 3.00. The fourth-order valence-corrected chi connectivity index (χ4v) is 2.32. The summed E-state index contributed by atoms with van der Waals surface area (Å²) in [6.07, 6.45) is 0. The quantitative estimate of drug-likeness (QED) is 0.637. The molecular weight excluding hydrogens is 323 g/mol. The number of nitrogens with one attached hydrogen (secondary N) is 2. The van der Waals surface area contributed by atoms with Crippen molar-refractivity contribution in [1.82, 2.24) is 15.5 Å². The van der Waals surface area contributed by atoms with Crippen LogP contribution in [-0.4, -0.2) is 44.0 Å². The monoisotopic (exact) mass is 344 g/mol. The van der Waals surface area contributed by atoms with Gasteiger partial charge in [-0.3, -0.25) is 4.79 Å². The number of halogens is 2. The van der Waals surface area contributed by atoms with Crippen molar-refractivity contribution in [2.45, 2.75) is 19.9 Å². The summed E-state index contributed by atoms with van der Waals surface area (Å²) in [7, 11) is 3.41. The minimum Gasteiger partial charge on any atom is -0.357 e. The van der Waals surface area contributed by atoms with Gasteiger partial charge in [0.2, 0.25) is 5.91 Å². The lowest BCUT2D eigenvalue weighted by Crippen LogP contribution is -2.39. The van der Waals surface area contributed by atoms with Crippen molar-refractivity contribution in [3.8, 4) is 0 Å². The first kappa shape index (κ1) is 18.6. The number of carbonyl (C=O) groups excluding carboxylic acids is 1. The highest BCUT2D eigenvalue weighted by molar-refractivity contribution is 6.35. The summed E-state index contributed by atoms with van der Waals surface area (Å²) in [4.78, 5) is 17.4. The molecule has 0 radical (unpaired) electrons. The van der Waals surface area contributed by atoms with Gasteiger partial charge < -0.3 is 15.5 Å². The van der Waals surface area contributed by atoms with E-state index in [4.69, 9.17) is 23.2 Å². The Labute approximate surface area is 141 Å². The smallest absolute Gasteiger partial charge is 0.243 e. The van der Waals surface area contributed by atoms with Gasteiger partial charge in [-0.2, -0.15) is 0 Å². The van der Waals surface area contributed by atoms with E-state index in [1.807, 2.05) is 19.9 Å². The zero-order valence-corrected chi connectivity index (χ0v) is 14.8. The van der Waals surface area contributed by atoms with E-state index in [0.29, 0.717) is 22.5 Å². The molecule has 0 spiro atoms. The predicted octanol–water partition coefficient (Wildman–Crippen LogP) is 2.70. The third-order valence-corrected chi connectivity index (χ3v) is 3.56. The van der Waals surface area contributed by atoms with E-state index in [9.17, 15) is 4.79 Å². The molecule has 1 unspecified atom stereocenters. The predicted molar refractivity (Wildman–Crippen MR) is 92.7 cm³/mol. The second-order valence-corrected chi connectivity index (χ2v) is 5.86. The minimum atomic E-state index is -0.0722. The lowest BCUT2D eigenvalue weighted by atomic mass is 10.1. The summed E-state index contributed by atoms with van der Waals surface area (Å²) in [5.74, 6) is 0.505. The van der Waals surface area contributed by atoms with E-state index in [1.165, 1.54) is 4.90 Å². The van der Waals surface area contributed by atoms with Crippen LogP contribution < -0.4 is 10.6 Å². The Kier molecular flexibility index (Phi) is 7.48. The molecule has 0 aliphatic rings. The minimum absolute atomic E-state index is 0.0608. The van der Waals surface area contributed by atoms with Crippen molar-refractivity contribution in [1.29, 1.82) is 0 Å². The maximum Gasteiger partial charge on any atom is 0.243 e. The third kappa shape index (κ3) is 5.73. The van der Waals surface area contributed by atoms with Crippen LogP contribution in [0.5, 0.6) is 0 Å². The molecule has 122 valence electrons. The van der Waals surface area contributed by atoms with Gasteiger partial charge in [0.05, 0.1) is 6.04 Å². The highest BCUT2D eigenvalue weighted by atomic mass is 35.5. The van der Waals surface area contributed by atoms with Crippen LogP contribution in [0.1, 0.15) is 25.5 Å². The van der Waals surface area contributed by atoms with Gasteiger partial charge in [-0.1, -0.05) is 29.3 Å². The van der Waals surface area contributed by atoms with E-state index in [0.717, 1.165) is 5.56 Å². The van der Waals surface area contributed by atoms with Crippen molar-refractivity contribution in [3.63, 3.8) is 0 Å². The summed E-state index contributed by atoms with van der Waals surface area (Å²) >= 11 is 12.1. The first-order valence-corrected chi connectivity index (χ1v) is 7.80. The van der Waals surface area contributed by atoms with Crippen LogP contribution in [0.4, 0.5) is 0 Å². The summed E-state index contributed by atoms with van der Waals surface area (Å²) in [6.45, 7) is 4.72. The van der Waals surface area contributed by atoms with Gasteiger partial charge in [0.25, 0.3) is 0 Å². The van der Waals surface area contributed by atoms with Crippen LogP contribution in [0, 0.1) is 0 Å². The maximum absolute atomic E-state index is 11.6. The Bertz CT molecular complexity index is 546. The van der Waals surface area contributed by atoms with Gasteiger partial charge in [0, 0.05) is 30.7 Å². The van der Waals surface area contributed by atoms with Gasteiger partial charge in [0.15, 0.2) is 5.96 Å². The zero-order chi connectivity index (χ0) is 16.7. The molecule has 0 bridgehead atoms. The molecule has 0 fully saturated rings. The number of hydrogen-bond acceptors (Lipinski definition) is 2. The van der Waals surface area contributed by atoms with Crippen molar-refractivity contribution in [3.05, 3.63) is 33.8 Å². The molecule has 7 heteroatoms. The molecule has 1 atom stereocenters. The number of nitrogens with zero attached hydrogens (tertiary/aromatic N) is 2. The van der Waals surface area contributed by atoms with E-state index >= 15 is 0 Å². The average Bonchev–Trinajstić information content (AvgIpc) is 2.44. The molecule has 0 saturated heterocycles. The van der Waals surface area contributed by atoms with Crippen molar-refractivity contribution in [2.75, 3.05) is 27.2 Å². The van der Waals surface area contributed by atoms with Crippen LogP contribution in [0.2, 0.25) is 10.0 Å². The maximum atomic E-state index is 11.6. The van der Waals surface area contributed by atoms with Crippen LogP contribution in [0.25, 0.3) is 0 Å². The highest BCUT2D eigenvalue weighted by Gasteiger charge is 2.12. The molecule has 1 aromatic carbocycles. The van der Waals surface area contributed by atoms with Gasteiger partial charge >= 0.3 is 0 Å². The van der Waals surface area contributed by atoms with Crippen LogP contribution >= 0.6 is 23.2 Å². The van der Waals surface area contributed by atoms with Crippen molar-refractivity contribution in [2.24, 2.45) is 4.99 Å². The van der Waals surface area contributed by atoms with E-state index < -0.39 is 0 Å². The molecule has 0 saturated carbocycles. The molecule has 0 aliphatic heterocycles. The lowest BCUT2D eigenvalue weighted by molar-refractivity contribution is -0.127. The lowest BCUT2D eigenvalue weighted by Gasteiger charge is -2.19. The van der Waals surface area contributed by atoms with E-state index in [1.54, 1.807) is 26.2 Å². The Morgan fingerprint density at radius 3 is 2.59 bits per heavy atom. The molecule has 0 aliphatic carbocycles. The Morgan fingerprint density at radius 2 is 2.05 bits per heavy atom. The van der Waals surface area contributed by atoms with Crippen molar-refractivity contribution >= 4 is 35.1 Å². The molecule has 1 amide bonds. The molecule has 0 heterocycles. The summed E-state index contributed by atoms with van der Waals surface area (Å²) in [6, 6.07) is 5.30. The van der Waals surface area contributed by atoms with E-state index in [-0.39, 0.29) is 18.5 Å². The number of aliphatic imine (C=N–C) groups is 1. The first-order valence-electron chi connectivity index (χ1n) is 7.05. The molecule has 2 N–H and O–H groups in total. The second-order valence-electron chi connectivity index (χ2n) is 5.02. The molecule has 5 nitrogen and oxygen atoms in total. The molecule has 0 aromatic heterocycles.